The molecule has 186 valence electrons. The van der Waals surface area contributed by atoms with Crippen LogP contribution in [0.25, 0.3) is 0 Å². The number of aromatic hydroxyl groups is 1. The van der Waals surface area contributed by atoms with Crippen LogP contribution in [0.5, 0.6) is 5.75 Å². The van der Waals surface area contributed by atoms with E-state index in [0.29, 0.717) is 12.1 Å². The molecule has 0 aliphatic carbocycles. The summed E-state index contributed by atoms with van der Waals surface area (Å²) in [5, 5.41) is 15.2. The van der Waals surface area contributed by atoms with Crippen LogP contribution in [-0.2, 0) is 14.3 Å². The molecule has 0 aliphatic rings. The second-order valence-electron chi connectivity index (χ2n) is 9.62. The number of benzene rings is 1. The average molecular weight is 464 g/mol. The number of nitrogens with zero attached hydrogens (tertiary/aromatic N) is 1. The predicted octanol–water partition coefficient (Wildman–Crippen LogP) is 4.28. The summed E-state index contributed by atoms with van der Waals surface area (Å²) in [7, 11) is 0. The van der Waals surface area contributed by atoms with E-state index in [4.69, 9.17) is 4.74 Å². The number of carbonyl (C=O) groups excluding carboxylic acids is 3. The lowest BCUT2D eigenvalue weighted by atomic mass is 10.0. The van der Waals surface area contributed by atoms with Gasteiger partial charge in [-0.2, -0.15) is 0 Å². The van der Waals surface area contributed by atoms with Gasteiger partial charge in [-0.25, -0.2) is 4.79 Å². The SMILES string of the molecule is CCCCCCN(C(=O)C(C)NC(=O)OC(C)(C)C)C(C(=O)NC(C)C)c1ccc(O)cc1. The van der Waals surface area contributed by atoms with E-state index in [1.54, 1.807) is 39.8 Å². The molecular formula is C25H41N3O5. The van der Waals surface area contributed by atoms with Gasteiger partial charge in [-0.05, 0) is 65.7 Å². The van der Waals surface area contributed by atoms with E-state index in [1.807, 2.05) is 13.8 Å². The molecule has 0 heterocycles. The van der Waals surface area contributed by atoms with E-state index in [0.717, 1.165) is 25.7 Å². The zero-order valence-corrected chi connectivity index (χ0v) is 21.1. The first kappa shape index (κ1) is 28.3. The van der Waals surface area contributed by atoms with Crippen LogP contribution in [0.4, 0.5) is 4.79 Å². The third-order valence-electron chi connectivity index (χ3n) is 4.84. The molecule has 3 N–H and O–H groups in total. The Morgan fingerprint density at radius 3 is 2.12 bits per heavy atom. The first-order chi connectivity index (χ1) is 15.4. The van der Waals surface area contributed by atoms with Gasteiger partial charge in [0.2, 0.25) is 11.8 Å². The molecule has 0 spiro atoms. The normalized spacial score (nSPS) is 13.2. The fourth-order valence-electron chi connectivity index (χ4n) is 3.36. The summed E-state index contributed by atoms with van der Waals surface area (Å²) < 4.78 is 5.28. The largest absolute Gasteiger partial charge is 0.508 e. The number of alkyl carbamates (subject to hydrolysis) is 1. The minimum atomic E-state index is -0.898. The van der Waals surface area contributed by atoms with Crippen LogP contribution < -0.4 is 10.6 Å². The van der Waals surface area contributed by atoms with Crippen molar-refractivity contribution in [1.82, 2.24) is 15.5 Å². The Morgan fingerprint density at radius 1 is 1.00 bits per heavy atom. The number of phenols is 1. The predicted molar refractivity (Wildman–Crippen MR) is 129 cm³/mol. The number of amides is 3. The van der Waals surface area contributed by atoms with E-state index < -0.39 is 23.8 Å². The fraction of sp³-hybridized carbons (Fsp3) is 0.640. The zero-order valence-electron chi connectivity index (χ0n) is 21.1. The molecule has 2 unspecified atom stereocenters. The van der Waals surface area contributed by atoms with Crippen LogP contribution in [0, 0.1) is 0 Å². The molecule has 1 rings (SSSR count). The van der Waals surface area contributed by atoms with Gasteiger partial charge in [0.1, 0.15) is 23.4 Å². The average Bonchev–Trinajstić information content (AvgIpc) is 2.68. The number of phenolic OH excluding ortho intramolecular Hbond substituents is 1. The number of unbranched alkanes of at least 4 members (excludes halogenated alkanes) is 3. The summed E-state index contributed by atoms with van der Waals surface area (Å²) in [5.74, 6) is -0.624. The van der Waals surface area contributed by atoms with Gasteiger partial charge in [-0.15, -0.1) is 0 Å². The van der Waals surface area contributed by atoms with Gasteiger partial charge in [0.05, 0.1) is 0 Å². The molecule has 33 heavy (non-hydrogen) atoms. The second-order valence-corrected chi connectivity index (χ2v) is 9.62. The maximum absolute atomic E-state index is 13.5. The second kappa shape index (κ2) is 13.1. The van der Waals surface area contributed by atoms with Crippen molar-refractivity contribution in [3.05, 3.63) is 29.8 Å². The summed E-state index contributed by atoms with van der Waals surface area (Å²) in [6.45, 7) is 13.0. The molecule has 1 aromatic rings. The van der Waals surface area contributed by atoms with Gasteiger partial charge in [0, 0.05) is 12.6 Å². The van der Waals surface area contributed by atoms with Crippen LogP contribution in [0.1, 0.15) is 85.8 Å². The highest BCUT2D eigenvalue weighted by Gasteiger charge is 2.34. The van der Waals surface area contributed by atoms with Gasteiger partial charge < -0.3 is 25.4 Å². The topological polar surface area (TPSA) is 108 Å². The Hall–Kier alpha value is -2.77. The summed E-state index contributed by atoms with van der Waals surface area (Å²) in [5.41, 5.74) is -0.113. The molecule has 0 saturated heterocycles. The standard InChI is InChI=1S/C25H41N3O5/c1-8-9-10-11-16-28(23(31)18(4)27-24(32)33-25(5,6)7)21(22(30)26-17(2)3)19-12-14-20(29)15-13-19/h12-15,17-18,21,29H,8-11,16H2,1-7H3,(H,26,30)(H,27,32). The molecule has 3 amide bonds. The number of hydrogen-bond acceptors (Lipinski definition) is 5. The molecule has 0 fully saturated rings. The molecule has 0 bridgehead atoms. The molecular weight excluding hydrogens is 422 g/mol. The first-order valence-corrected chi connectivity index (χ1v) is 11.7. The lowest BCUT2D eigenvalue weighted by Gasteiger charge is -2.34. The van der Waals surface area contributed by atoms with Crippen molar-refractivity contribution in [2.24, 2.45) is 0 Å². The maximum atomic E-state index is 13.5. The highest BCUT2D eigenvalue weighted by Crippen LogP contribution is 2.25. The Balaban J connectivity index is 3.25. The number of hydrogen-bond donors (Lipinski definition) is 3. The highest BCUT2D eigenvalue weighted by atomic mass is 16.6. The minimum Gasteiger partial charge on any atom is -0.508 e. The van der Waals surface area contributed by atoms with Crippen LogP contribution in [0.15, 0.2) is 24.3 Å². The minimum absolute atomic E-state index is 0.0718. The van der Waals surface area contributed by atoms with Crippen LogP contribution in [0.2, 0.25) is 0 Å². The summed E-state index contributed by atoms with van der Waals surface area (Å²) in [6.07, 6.45) is 3.02. The van der Waals surface area contributed by atoms with E-state index >= 15 is 0 Å². The van der Waals surface area contributed by atoms with Gasteiger partial charge in [-0.3, -0.25) is 9.59 Å². The molecule has 0 aromatic heterocycles. The van der Waals surface area contributed by atoms with Crippen LogP contribution in [0.3, 0.4) is 0 Å². The van der Waals surface area contributed by atoms with Crippen molar-refractivity contribution in [1.29, 1.82) is 0 Å². The van der Waals surface area contributed by atoms with Gasteiger partial charge in [0.15, 0.2) is 0 Å². The van der Waals surface area contributed by atoms with E-state index in [9.17, 15) is 19.5 Å². The number of nitrogens with one attached hydrogen (secondary N) is 2. The molecule has 0 aliphatic heterocycles. The quantitative estimate of drug-likeness (QED) is 0.425. The number of carbonyl (C=O) groups is 3. The summed E-state index contributed by atoms with van der Waals surface area (Å²) in [6, 6.07) is 4.35. The fourth-order valence-corrected chi connectivity index (χ4v) is 3.36. The van der Waals surface area contributed by atoms with Crippen molar-refractivity contribution >= 4 is 17.9 Å². The van der Waals surface area contributed by atoms with Crippen molar-refractivity contribution < 1.29 is 24.2 Å². The third kappa shape index (κ3) is 10.1. The van der Waals surface area contributed by atoms with Crippen molar-refractivity contribution in [3.63, 3.8) is 0 Å². The Morgan fingerprint density at radius 2 is 1.61 bits per heavy atom. The maximum Gasteiger partial charge on any atom is 0.408 e. The molecule has 1 aromatic carbocycles. The van der Waals surface area contributed by atoms with E-state index in [2.05, 4.69) is 17.6 Å². The zero-order chi connectivity index (χ0) is 25.2. The van der Waals surface area contributed by atoms with Gasteiger partial charge in [-0.1, -0.05) is 38.3 Å². The Labute approximate surface area is 198 Å². The summed E-state index contributed by atoms with van der Waals surface area (Å²) >= 11 is 0. The van der Waals surface area contributed by atoms with Crippen LogP contribution in [-0.4, -0.2) is 52.1 Å². The van der Waals surface area contributed by atoms with Crippen molar-refractivity contribution in [3.8, 4) is 5.75 Å². The molecule has 0 radical (unpaired) electrons. The van der Waals surface area contributed by atoms with Gasteiger partial charge in [0.25, 0.3) is 0 Å². The smallest absolute Gasteiger partial charge is 0.408 e. The van der Waals surface area contributed by atoms with E-state index in [-0.39, 0.29) is 23.6 Å². The summed E-state index contributed by atoms with van der Waals surface area (Å²) in [4.78, 5) is 40.5. The number of rotatable bonds is 11. The van der Waals surface area contributed by atoms with E-state index in [1.165, 1.54) is 17.0 Å². The molecule has 0 saturated carbocycles. The Kier molecular flexibility index (Phi) is 11.2. The Bertz CT molecular complexity index is 771. The lowest BCUT2D eigenvalue weighted by Crippen LogP contribution is -2.52. The molecule has 8 heteroatoms. The number of ether oxygens (including phenoxy) is 1. The van der Waals surface area contributed by atoms with Crippen molar-refractivity contribution in [2.75, 3.05) is 6.54 Å². The first-order valence-electron chi connectivity index (χ1n) is 11.7. The van der Waals surface area contributed by atoms with Crippen LogP contribution >= 0.6 is 0 Å². The monoisotopic (exact) mass is 463 g/mol. The van der Waals surface area contributed by atoms with Crippen molar-refractivity contribution in [2.45, 2.75) is 97.9 Å². The lowest BCUT2D eigenvalue weighted by molar-refractivity contribution is -0.142. The molecule has 8 nitrogen and oxygen atoms in total. The third-order valence-corrected chi connectivity index (χ3v) is 4.84. The van der Waals surface area contributed by atoms with Gasteiger partial charge >= 0.3 is 6.09 Å². The molecule has 2 atom stereocenters. The highest BCUT2D eigenvalue weighted by molar-refractivity contribution is 5.92.